The molecule has 0 aromatic carbocycles. The predicted octanol–water partition coefficient (Wildman–Crippen LogP) is 15.2. The number of allylic oxidation sites excluding steroid dienone is 1. The van der Waals surface area contributed by atoms with Crippen molar-refractivity contribution in [1.82, 2.24) is 0 Å². The zero-order chi connectivity index (χ0) is 32.0. The average molecular weight is 619 g/mol. The van der Waals surface area contributed by atoms with Gasteiger partial charge in [-0.15, -0.1) is 0 Å². The molecule has 0 aromatic heterocycles. The van der Waals surface area contributed by atoms with Gasteiger partial charge < -0.3 is 4.74 Å². The van der Waals surface area contributed by atoms with Crippen molar-refractivity contribution in [3.8, 4) is 0 Å². The molecule has 0 rings (SSSR count). The van der Waals surface area contributed by atoms with Gasteiger partial charge in [-0.25, -0.2) is 4.79 Å². The first-order valence-corrected chi connectivity index (χ1v) is 20.6. The first kappa shape index (κ1) is 43.2. The van der Waals surface area contributed by atoms with Crippen molar-refractivity contribution < 1.29 is 9.53 Å². The minimum absolute atomic E-state index is 0.103. The van der Waals surface area contributed by atoms with Crippen molar-refractivity contribution >= 4 is 5.97 Å². The standard InChI is InChI=1S/C42H82O2/c1-4-6-8-10-12-14-16-18-20-22-24-26-28-30-32-34-36-38-40-44-42(43)41(3)39-37-35-33-31-29-27-25-23-21-19-17-15-13-11-9-7-5-2/h39H,4-38,40H2,1-3H3/b41-39+. The van der Waals surface area contributed by atoms with Gasteiger partial charge in [-0.3, -0.25) is 0 Å². The fraction of sp³-hybridized carbons (Fsp3) is 0.929. The lowest BCUT2D eigenvalue weighted by molar-refractivity contribution is -0.139. The van der Waals surface area contributed by atoms with E-state index in [-0.39, 0.29) is 5.97 Å². The Labute approximate surface area is 278 Å². The molecule has 44 heavy (non-hydrogen) atoms. The zero-order valence-corrected chi connectivity index (χ0v) is 30.8. The Hall–Kier alpha value is -0.790. The number of rotatable bonds is 37. The Bertz CT molecular complexity index is 580. The average Bonchev–Trinajstić information content (AvgIpc) is 3.03. The lowest BCUT2D eigenvalue weighted by Crippen LogP contribution is -2.07. The fourth-order valence-electron chi connectivity index (χ4n) is 6.38. The highest BCUT2D eigenvalue weighted by Gasteiger charge is 2.05. The molecular weight excluding hydrogens is 536 g/mol. The van der Waals surface area contributed by atoms with Crippen LogP contribution >= 0.6 is 0 Å². The quantitative estimate of drug-likeness (QED) is 0.0393. The normalized spacial score (nSPS) is 11.8. The number of carbonyl (C=O) groups is 1. The minimum Gasteiger partial charge on any atom is -0.462 e. The molecular formula is C42H82O2. The Morgan fingerprint density at radius 2 is 0.636 bits per heavy atom. The molecule has 0 aliphatic heterocycles. The molecule has 0 saturated heterocycles. The van der Waals surface area contributed by atoms with Crippen LogP contribution in [0.25, 0.3) is 0 Å². The summed E-state index contributed by atoms with van der Waals surface area (Å²) >= 11 is 0. The van der Waals surface area contributed by atoms with Crippen LogP contribution in [0.3, 0.4) is 0 Å². The smallest absolute Gasteiger partial charge is 0.333 e. The molecule has 0 N–H and O–H groups in total. The maximum Gasteiger partial charge on any atom is 0.333 e. The van der Waals surface area contributed by atoms with Gasteiger partial charge in [0.25, 0.3) is 0 Å². The first-order valence-electron chi connectivity index (χ1n) is 20.6. The van der Waals surface area contributed by atoms with Crippen molar-refractivity contribution in [3.63, 3.8) is 0 Å². The number of unbranched alkanes of at least 4 members (excludes halogenated alkanes) is 33. The predicted molar refractivity (Wildman–Crippen MR) is 198 cm³/mol. The van der Waals surface area contributed by atoms with Gasteiger partial charge in [0.05, 0.1) is 6.61 Å². The van der Waals surface area contributed by atoms with Gasteiger partial charge in [-0.05, 0) is 26.2 Å². The van der Waals surface area contributed by atoms with Crippen LogP contribution in [0.5, 0.6) is 0 Å². The number of ether oxygens (including phenoxy) is 1. The van der Waals surface area contributed by atoms with E-state index in [1.807, 2.05) is 6.92 Å². The van der Waals surface area contributed by atoms with Gasteiger partial charge in [0.15, 0.2) is 0 Å². The summed E-state index contributed by atoms with van der Waals surface area (Å²) < 4.78 is 5.51. The van der Waals surface area contributed by atoms with Crippen molar-refractivity contribution in [2.75, 3.05) is 6.61 Å². The minimum atomic E-state index is -0.103. The van der Waals surface area contributed by atoms with Crippen LogP contribution in [0.15, 0.2) is 11.6 Å². The van der Waals surface area contributed by atoms with Gasteiger partial charge in [0, 0.05) is 5.57 Å². The molecule has 0 atom stereocenters. The summed E-state index contributed by atoms with van der Waals surface area (Å²) in [7, 11) is 0. The third kappa shape index (κ3) is 35.7. The van der Waals surface area contributed by atoms with Crippen LogP contribution in [0.1, 0.15) is 245 Å². The summed E-state index contributed by atoms with van der Waals surface area (Å²) in [6, 6.07) is 0. The maximum atomic E-state index is 12.2. The highest BCUT2D eigenvalue weighted by molar-refractivity contribution is 5.87. The van der Waals surface area contributed by atoms with Gasteiger partial charge in [0.2, 0.25) is 0 Å². The van der Waals surface area contributed by atoms with Crippen LogP contribution in [0.4, 0.5) is 0 Å². The highest BCUT2D eigenvalue weighted by atomic mass is 16.5. The molecule has 0 amide bonds. The summed E-state index contributed by atoms with van der Waals surface area (Å²) in [5, 5.41) is 0. The second-order valence-corrected chi connectivity index (χ2v) is 14.1. The van der Waals surface area contributed by atoms with E-state index < -0.39 is 0 Å². The molecule has 0 spiro atoms. The van der Waals surface area contributed by atoms with E-state index in [9.17, 15) is 4.79 Å². The molecule has 0 radical (unpaired) electrons. The molecule has 0 heterocycles. The van der Waals surface area contributed by atoms with Crippen LogP contribution in [0.2, 0.25) is 0 Å². The third-order valence-electron chi connectivity index (χ3n) is 9.56. The van der Waals surface area contributed by atoms with E-state index in [1.165, 1.54) is 212 Å². The van der Waals surface area contributed by atoms with Gasteiger partial charge in [0.1, 0.15) is 0 Å². The second kappa shape index (κ2) is 38.4. The molecule has 0 unspecified atom stereocenters. The van der Waals surface area contributed by atoms with Crippen LogP contribution in [0, 0.1) is 0 Å². The molecule has 2 nitrogen and oxygen atoms in total. The van der Waals surface area contributed by atoms with Crippen LogP contribution in [-0.4, -0.2) is 12.6 Å². The third-order valence-corrected chi connectivity index (χ3v) is 9.56. The molecule has 2 heteroatoms. The summed E-state index contributed by atoms with van der Waals surface area (Å²) in [6.07, 6.45) is 50.3. The monoisotopic (exact) mass is 619 g/mol. The molecule has 262 valence electrons. The maximum absolute atomic E-state index is 12.2. The van der Waals surface area contributed by atoms with E-state index >= 15 is 0 Å². The highest BCUT2D eigenvalue weighted by Crippen LogP contribution is 2.16. The van der Waals surface area contributed by atoms with Gasteiger partial charge >= 0.3 is 5.97 Å². The van der Waals surface area contributed by atoms with Gasteiger partial charge in [-0.1, -0.05) is 225 Å². The molecule has 0 aliphatic rings. The fourth-order valence-corrected chi connectivity index (χ4v) is 6.38. The van der Waals surface area contributed by atoms with E-state index in [4.69, 9.17) is 4.74 Å². The van der Waals surface area contributed by atoms with E-state index in [0.717, 1.165) is 18.4 Å². The van der Waals surface area contributed by atoms with Crippen molar-refractivity contribution in [2.24, 2.45) is 0 Å². The number of hydrogen-bond acceptors (Lipinski definition) is 2. The summed E-state index contributed by atoms with van der Waals surface area (Å²) in [4.78, 5) is 12.2. The lowest BCUT2D eigenvalue weighted by atomic mass is 10.0. The Balaban J connectivity index is 3.32. The molecule has 0 aliphatic carbocycles. The summed E-state index contributed by atoms with van der Waals surface area (Å²) in [5.41, 5.74) is 0.799. The van der Waals surface area contributed by atoms with Crippen molar-refractivity contribution in [1.29, 1.82) is 0 Å². The van der Waals surface area contributed by atoms with Crippen LogP contribution in [-0.2, 0) is 9.53 Å². The number of esters is 1. The molecule has 0 aromatic rings. The van der Waals surface area contributed by atoms with Crippen molar-refractivity contribution in [3.05, 3.63) is 11.6 Å². The van der Waals surface area contributed by atoms with E-state index in [0.29, 0.717) is 6.61 Å². The lowest BCUT2D eigenvalue weighted by Gasteiger charge is -2.06. The van der Waals surface area contributed by atoms with Gasteiger partial charge in [-0.2, -0.15) is 0 Å². The number of hydrogen-bond donors (Lipinski definition) is 0. The summed E-state index contributed by atoms with van der Waals surface area (Å²) in [5.74, 6) is -0.103. The Morgan fingerprint density at radius 3 is 0.932 bits per heavy atom. The van der Waals surface area contributed by atoms with Crippen LogP contribution < -0.4 is 0 Å². The van der Waals surface area contributed by atoms with E-state index in [2.05, 4.69) is 19.9 Å². The zero-order valence-electron chi connectivity index (χ0n) is 30.8. The van der Waals surface area contributed by atoms with Crippen molar-refractivity contribution in [2.45, 2.75) is 245 Å². The topological polar surface area (TPSA) is 26.3 Å². The first-order chi connectivity index (χ1) is 21.7. The van der Waals surface area contributed by atoms with E-state index in [1.54, 1.807) is 0 Å². The number of carbonyl (C=O) groups excluding carboxylic acids is 1. The Morgan fingerprint density at radius 1 is 0.386 bits per heavy atom. The Kier molecular flexibility index (Phi) is 37.7. The molecule has 0 fully saturated rings. The largest absolute Gasteiger partial charge is 0.462 e. The molecule has 0 saturated carbocycles. The second-order valence-electron chi connectivity index (χ2n) is 14.1. The summed E-state index contributed by atoms with van der Waals surface area (Å²) in [6.45, 7) is 7.09. The molecule has 0 bridgehead atoms. The SMILES string of the molecule is CCCCCCCCCCCCCCCCCC/C=C(\C)C(=O)OCCCCCCCCCCCCCCCCCCCC.